The fourth-order valence-electron chi connectivity index (χ4n) is 6.26. The Bertz CT molecular complexity index is 1850. The molecule has 4 aromatic rings. The van der Waals surface area contributed by atoms with Crippen molar-refractivity contribution in [3.63, 3.8) is 0 Å². The van der Waals surface area contributed by atoms with E-state index < -0.39 is 22.9 Å². The van der Waals surface area contributed by atoms with E-state index in [1.807, 2.05) is 18.7 Å². The summed E-state index contributed by atoms with van der Waals surface area (Å²) in [6, 6.07) is 7.40. The van der Waals surface area contributed by atoms with Gasteiger partial charge < -0.3 is 20.2 Å². The molecule has 1 fully saturated rings. The lowest BCUT2D eigenvalue weighted by molar-refractivity contribution is -0.126. The Labute approximate surface area is 247 Å². The number of carbonyl (C=O) groups is 1. The summed E-state index contributed by atoms with van der Waals surface area (Å²) >= 11 is 0. The Balaban J connectivity index is 1.75. The molecule has 1 atom stereocenters. The van der Waals surface area contributed by atoms with Gasteiger partial charge in [-0.2, -0.15) is 4.98 Å². The van der Waals surface area contributed by atoms with Crippen LogP contribution in [0.4, 0.5) is 20.3 Å². The highest BCUT2D eigenvalue weighted by molar-refractivity contribution is 6.05. The first kappa shape index (κ1) is 28.3. The van der Waals surface area contributed by atoms with Crippen LogP contribution in [0.3, 0.4) is 0 Å². The third-order valence-corrected chi connectivity index (χ3v) is 8.31. The number of phenols is 1. The maximum Gasteiger partial charge on any atom is 0.354 e. The average Bonchev–Trinajstić information content (AvgIpc) is 2.98. The van der Waals surface area contributed by atoms with E-state index in [1.54, 1.807) is 36.2 Å². The number of aromatic hydroxyl groups is 1. The number of hydrogen-bond donors (Lipinski definition) is 2. The van der Waals surface area contributed by atoms with Crippen LogP contribution in [0.1, 0.15) is 37.4 Å². The number of anilines is 2. The summed E-state index contributed by atoms with van der Waals surface area (Å²) in [6.07, 6.45) is 3.39. The molecule has 222 valence electrons. The number of piperazine rings is 1. The van der Waals surface area contributed by atoms with Gasteiger partial charge in [0.05, 0.1) is 28.0 Å². The molecule has 43 heavy (non-hydrogen) atoms. The van der Waals surface area contributed by atoms with E-state index >= 15 is 8.78 Å². The Morgan fingerprint density at radius 2 is 1.95 bits per heavy atom. The van der Waals surface area contributed by atoms with Crippen LogP contribution in [0.25, 0.3) is 27.7 Å². The van der Waals surface area contributed by atoms with Gasteiger partial charge in [-0.15, -0.1) is 0 Å². The van der Waals surface area contributed by atoms with Gasteiger partial charge in [-0.05, 0) is 43.0 Å². The molecule has 0 aliphatic carbocycles. The van der Waals surface area contributed by atoms with E-state index in [0.29, 0.717) is 49.5 Å². The second-order valence-electron chi connectivity index (χ2n) is 11.2. The third kappa shape index (κ3) is 4.50. The molecule has 6 rings (SSSR count). The van der Waals surface area contributed by atoms with E-state index in [1.165, 1.54) is 22.8 Å². The number of fused-ring (bicyclic) bond motifs is 2. The quantitative estimate of drug-likeness (QED) is 0.329. The van der Waals surface area contributed by atoms with E-state index in [0.717, 1.165) is 0 Å². The first-order valence-electron chi connectivity index (χ1n) is 14.3. The molecule has 0 saturated carbocycles. The maximum absolute atomic E-state index is 17.1. The Morgan fingerprint density at radius 1 is 1.19 bits per heavy atom. The fourth-order valence-corrected chi connectivity index (χ4v) is 6.26. The van der Waals surface area contributed by atoms with Gasteiger partial charge >= 0.3 is 5.69 Å². The van der Waals surface area contributed by atoms with Crippen molar-refractivity contribution in [2.45, 2.75) is 39.2 Å². The van der Waals surface area contributed by atoms with Gasteiger partial charge in [-0.3, -0.25) is 14.3 Å². The van der Waals surface area contributed by atoms with Crippen molar-refractivity contribution < 1.29 is 18.7 Å². The van der Waals surface area contributed by atoms with Crippen molar-refractivity contribution in [1.82, 2.24) is 19.4 Å². The Kier molecular flexibility index (Phi) is 7.11. The van der Waals surface area contributed by atoms with Gasteiger partial charge in [-0.1, -0.05) is 38.6 Å². The summed E-state index contributed by atoms with van der Waals surface area (Å²) in [5.41, 5.74) is 0.178. The maximum atomic E-state index is 17.1. The molecule has 1 saturated heterocycles. The fraction of sp³-hybridized carbons (Fsp3) is 0.312. The van der Waals surface area contributed by atoms with Crippen LogP contribution in [-0.4, -0.2) is 62.7 Å². The highest BCUT2D eigenvalue weighted by Gasteiger charge is 2.36. The first-order chi connectivity index (χ1) is 20.6. The predicted molar refractivity (Wildman–Crippen MR) is 162 cm³/mol. The molecule has 9 nitrogen and oxygen atoms in total. The van der Waals surface area contributed by atoms with Crippen molar-refractivity contribution in [2.75, 3.05) is 36.4 Å². The largest absolute Gasteiger partial charge is 0.507 e. The number of rotatable bonds is 4. The van der Waals surface area contributed by atoms with Crippen molar-refractivity contribution in [2.24, 2.45) is 0 Å². The third-order valence-electron chi connectivity index (χ3n) is 8.31. The summed E-state index contributed by atoms with van der Waals surface area (Å²) < 4.78 is 34.9. The molecule has 0 bridgehead atoms. The average molecular weight is 587 g/mol. The molecule has 0 spiro atoms. The van der Waals surface area contributed by atoms with Crippen LogP contribution in [0.5, 0.6) is 5.75 Å². The number of carbonyl (C=O) groups excluding carboxylic acids is 1. The number of amides is 1. The number of benzene rings is 2. The zero-order chi connectivity index (χ0) is 30.6. The van der Waals surface area contributed by atoms with E-state index in [-0.39, 0.29) is 51.6 Å². The van der Waals surface area contributed by atoms with Crippen molar-refractivity contribution in [3.05, 3.63) is 82.6 Å². The van der Waals surface area contributed by atoms with E-state index in [4.69, 9.17) is 0 Å². The molecule has 2 aromatic heterocycles. The van der Waals surface area contributed by atoms with Crippen LogP contribution in [0.2, 0.25) is 0 Å². The molecule has 2 aliphatic rings. The summed E-state index contributed by atoms with van der Waals surface area (Å²) in [5.74, 6) is -2.40. The van der Waals surface area contributed by atoms with Crippen LogP contribution in [0, 0.1) is 18.6 Å². The number of aryl methyl sites for hydroxylation is 1. The summed E-state index contributed by atoms with van der Waals surface area (Å²) in [6.45, 7) is 10.5. The number of nitrogens with one attached hydrogen (secondary N) is 1. The molecule has 11 heteroatoms. The van der Waals surface area contributed by atoms with Gasteiger partial charge in [0.2, 0.25) is 5.91 Å². The minimum atomic E-state index is -1.00. The van der Waals surface area contributed by atoms with Crippen LogP contribution >= 0.6 is 0 Å². The molecular weight excluding hydrogens is 554 g/mol. The highest BCUT2D eigenvalue weighted by Crippen LogP contribution is 2.45. The van der Waals surface area contributed by atoms with Gasteiger partial charge in [0.15, 0.2) is 11.6 Å². The van der Waals surface area contributed by atoms with Crippen LogP contribution in [-0.2, 0) is 4.79 Å². The molecule has 1 amide bonds. The summed E-state index contributed by atoms with van der Waals surface area (Å²) in [4.78, 5) is 39.1. The zero-order valence-corrected chi connectivity index (χ0v) is 24.2. The van der Waals surface area contributed by atoms with Crippen molar-refractivity contribution >= 4 is 28.3 Å². The number of nitrogens with zero attached hydrogens (tertiary/aromatic N) is 5. The second-order valence-corrected chi connectivity index (χ2v) is 11.2. The smallest absolute Gasteiger partial charge is 0.354 e. The molecule has 4 heterocycles. The summed E-state index contributed by atoms with van der Waals surface area (Å²) in [7, 11) is 0. The SMILES string of the molecule is C=CC(=O)N1CCN2c3nc(=O)n(-c4c(C)ccnc4C(C)C)c4c(F)c(-c5ccccc5O)c(F)c(c34)NCCC2C1. The van der Waals surface area contributed by atoms with Gasteiger partial charge in [0.1, 0.15) is 17.1 Å². The van der Waals surface area contributed by atoms with Gasteiger partial charge in [0.25, 0.3) is 0 Å². The van der Waals surface area contributed by atoms with Crippen molar-refractivity contribution in [3.8, 4) is 22.6 Å². The lowest BCUT2D eigenvalue weighted by atomic mass is 9.96. The number of pyridine rings is 1. The van der Waals surface area contributed by atoms with E-state index in [2.05, 4.69) is 21.9 Å². The molecule has 1 unspecified atom stereocenters. The number of para-hydroxylation sites is 1. The van der Waals surface area contributed by atoms with Gasteiger partial charge in [0, 0.05) is 44.0 Å². The molecule has 2 aromatic carbocycles. The minimum Gasteiger partial charge on any atom is -0.507 e. The summed E-state index contributed by atoms with van der Waals surface area (Å²) in [5, 5.41) is 13.9. The number of aromatic nitrogens is 3. The monoisotopic (exact) mass is 586 g/mol. The number of hydrogen-bond acceptors (Lipinski definition) is 7. The van der Waals surface area contributed by atoms with Gasteiger partial charge in [-0.25, -0.2) is 13.6 Å². The Morgan fingerprint density at radius 3 is 2.67 bits per heavy atom. The lowest BCUT2D eigenvalue weighted by Crippen LogP contribution is -2.56. The lowest BCUT2D eigenvalue weighted by Gasteiger charge is -2.43. The molecular formula is C32H32F2N6O3. The Hall–Kier alpha value is -4.80. The normalized spacial score (nSPS) is 16.5. The minimum absolute atomic E-state index is 0.0124. The molecule has 2 aliphatic heterocycles. The van der Waals surface area contributed by atoms with Crippen LogP contribution in [0.15, 0.2) is 54.0 Å². The first-order valence-corrected chi connectivity index (χ1v) is 14.3. The topological polar surface area (TPSA) is 104 Å². The number of halogens is 2. The van der Waals surface area contributed by atoms with Crippen LogP contribution < -0.4 is 15.9 Å². The second kappa shape index (κ2) is 10.8. The van der Waals surface area contributed by atoms with Crippen molar-refractivity contribution in [1.29, 1.82) is 0 Å². The van der Waals surface area contributed by atoms with E-state index in [9.17, 15) is 14.7 Å². The highest BCUT2D eigenvalue weighted by atomic mass is 19.1. The zero-order valence-electron chi connectivity index (χ0n) is 24.2. The molecule has 2 N–H and O–H groups in total. The number of phenolic OH excluding ortho intramolecular Hbond substituents is 1. The predicted octanol–water partition coefficient (Wildman–Crippen LogP) is 4.88. The molecule has 0 radical (unpaired) electrons. The standard InChI is InChI=1S/C32H32F2N6O3/c1-5-22(42)38-14-15-39-19(16-38)11-13-36-28-24-30(26(34)23(25(28)33)20-8-6-7-9-21(20)41)40(32(43)37-31(24)39)29-18(4)10-12-35-27(29)17(2)3/h5-10,12,17,19,36,41H,1,11,13-16H2,2-4H3.